The second-order valence-corrected chi connectivity index (χ2v) is 5.72. The normalized spacial score (nSPS) is 12.9. The van der Waals surface area contributed by atoms with E-state index in [1.54, 1.807) is 6.92 Å². The quantitative estimate of drug-likeness (QED) is 0.578. The molecule has 1 amide bonds. The first-order chi connectivity index (χ1) is 9.26. The molecule has 0 saturated heterocycles. The molecule has 0 aromatic carbocycles. The molecule has 1 aromatic heterocycles. The highest BCUT2D eigenvalue weighted by molar-refractivity contribution is 7.89. The van der Waals surface area contributed by atoms with Gasteiger partial charge in [0.15, 0.2) is 0 Å². The van der Waals surface area contributed by atoms with E-state index in [-0.39, 0.29) is 4.90 Å². The van der Waals surface area contributed by atoms with Crippen LogP contribution in [0.1, 0.15) is 13.8 Å². The zero-order chi connectivity index (χ0) is 15.3. The number of hydrogen-bond acceptors (Lipinski definition) is 5. The summed E-state index contributed by atoms with van der Waals surface area (Å²) in [6.07, 6.45) is 2.11. The number of amides is 1. The molecule has 3 N–H and O–H groups in total. The van der Waals surface area contributed by atoms with Crippen LogP contribution in [0, 0.1) is 0 Å². The number of likely N-dealkylation sites (N-methyl/N-ethyl adjacent to an activating group) is 1. The maximum atomic E-state index is 12.0. The molecule has 0 bridgehead atoms. The van der Waals surface area contributed by atoms with Crippen LogP contribution in [0.15, 0.2) is 17.3 Å². The van der Waals surface area contributed by atoms with Gasteiger partial charge >= 0.3 is 5.97 Å². The van der Waals surface area contributed by atoms with Gasteiger partial charge in [-0.15, -0.1) is 0 Å². The predicted octanol–water partition coefficient (Wildman–Crippen LogP) is -1.23. The molecule has 0 fully saturated rings. The first-order valence-corrected chi connectivity index (χ1v) is 7.29. The van der Waals surface area contributed by atoms with E-state index in [9.17, 15) is 18.0 Å². The minimum absolute atomic E-state index is 0.199. The Morgan fingerprint density at radius 2 is 2.15 bits per heavy atom. The van der Waals surface area contributed by atoms with Crippen LogP contribution in [-0.2, 0) is 26.2 Å². The van der Waals surface area contributed by atoms with Crippen molar-refractivity contribution in [2.24, 2.45) is 0 Å². The van der Waals surface area contributed by atoms with Crippen molar-refractivity contribution in [2.45, 2.75) is 31.3 Å². The summed E-state index contributed by atoms with van der Waals surface area (Å²) < 4.78 is 27.1. The summed E-state index contributed by atoms with van der Waals surface area (Å²) in [5, 5.41) is 14.7. The molecule has 0 aliphatic carbocycles. The SMILES string of the molecule is CCNC(=O)C(C)NS(=O)(=O)c1cnn(CC(=O)O)c1. The molecule has 0 aliphatic rings. The zero-order valence-corrected chi connectivity index (χ0v) is 11.8. The second kappa shape index (κ2) is 6.48. The summed E-state index contributed by atoms with van der Waals surface area (Å²) in [5.74, 6) is -1.59. The number of aromatic nitrogens is 2. The van der Waals surface area contributed by atoms with Gasteiger partial charge in [0.2, 0.25) is 15.9 Å². The molecule has 1 atom stereocenters. The summed E-state index contributed by atoms with van der Waals surface area (Å²) >= 11 is 0. The molecule has 0 saturated carbocycles. The number of nitrogens with zero attached hydrogens (tertiary/aromatic N) is 2. The molecular weight excluding hydrogens is 288 g/mol. The Bertz CT molecular complexity index is 595. The van der Waals surface area contributed by atoms with E-state index in [0.29, 0.717) is 6.54 Å². The smallest absolute Gasteiger partial charge is 0.325 e. The molecule has 1 rings (SSSR count). The van der Waals surface area contributed by atoms with Crippen LogP contribution in [0.25, 0.3) is 0 Å². The molecule has 0 spiro atoms. The maximum absolute atomic E-state index is 12.0. The highest BCUT2D eigenvalue weighted by Crippen LogP contribution is 2.07. The van der Waals surface area contributed by atoms with Crippen LogP contribution >= 0.6 is 0 Å². The summed E-state index contributed by atoms with van der Waals surface area (Å²) in [4.78, 5) is 21.8. The molecule has 10 heteroatoms. The fourth-order valence-corrected chi connectivity index (χ4v) is 2.54. The standard InChI is InChI=1S/C10H16N4O5S/c1-3-11-10(17)7(2)13-20(18,19)8-4-12-14(5-8)6-9(15)16/h4-5,7,13H,3,6H2,1-2H3,(H,11,17)(H,15,16). The molecule has 9 nitrogen and oxygen atoms in total. The predicted molar refractivity (Wildman–Crippen MR) is 68.3 cm³/mol. The molecule has 1 heterocycles. The van der Waals surface area contributed by atoms with Crippen LogP contribution in [0.2, 0.25) is 0 Å². The van der Waals surface area contributed by atoms with Crippen molar-refractivity contribution < 1.29 is 23.1 Å². The highest BCUT2D eigenvalue weighted by atomic mass is 32.2. The number of rotatable bonds is 7. The molecular formula is C10H16N4O5S. The topological polar surface area (TPSA) is 130 Å². The van der Waals surface area contributed by atoms with Gasteiger partial charge in [0.1, 0.15) is 11.4 Å². The molecule has 20 heavy (non-hydrogen) atoms. The number of hydrogen-bond donors (Lipinski definition) is 3. The van der Waals surface area contributed by atoms with Gasteiger partial charge in [0, 0.05) is 12.7 Å². The van der Waals surface area contributed by atoms with Crippen molar-refractivity contribution in [3.05, 3.63) is 12.4 Å². The average molecular weight is 304 g/mol. The van der Waals surface area contributed by atoms with E-state index in [0.717, 1.165) is 17.1 Å². The number of sulfonamides is 1. The monoisotopic (exact) mass is 304 g/mol. The van der Waals surface area contributed by atoms with Crippen molar-refractivity contribution in [3.8, 4) is 0 Å². The van der Waals surface area contributed by atoms with E-state index < -0.39 is 34.5 Å². The fourth-order valence-electron chi connectivity index (χ4n) is 1.39. The molecule has 1 unspecified atom stereocenters. The van der Waals surface area contributed by atoms with E-state index >= 15 is 0 Å². The molecule has 0 aliphatic heterocycles. The lowest BCUT2D eigenvalue weighted by molar-refractivity contribution is -0.137. The number of carbonyl (C=O) groups excluding carboxylic acids is 1. The van der Waals surface area contributed by atoms with Gasteiger partial charge in [-0.1, -0.05) is 0 Å². The van der Waals surface area contributed by atoms with E-state index in [1.807, 2.05) is 0 Å². The van der Waals surface area contributed by atoms with Crippen molar-refractivity contribution >= 4 is 21.9 Å². The number of aliphatic carboxylic acids is 1. The Balaban J connectivity index is 2.81. The number of carbonyl (C=O) groups is 2. The minimum Gasteiger partial charge on any atom is -0.480 e. The summed E-state index contributed by atoms with van der Waals surface area (Å²) in [6, 6.07) is -0.942. The lowest BCUT2D eigenvalue weighted by Gasteiger charge is -2.12. The van der Waals surface area contributed by atoms with Crippen molar-refractivity contribution in [3.63, 3.8) is 0 Å². The third-order valence-electron chi connectivity index (χ3n) is 2.29. The highest BCUT2D eigenvalue weighted by Gasteiger charge is 2.23. The van der Waals surface area contributed by atoms with Gasteiger partial charge in [-0.3, -0.25) is 14.3 Å². The van der Waals surface area contributed by atoms with E-state index in [2.05, 4.69) is 15.1 Å². The maximum Gasteiger partial charge on any atom is 0.325 e. The second-order valence-electron chi connectivity index (χ2n) is 4.00. The third kappa shape index (κ3) is 4.31. The van der Waals surface area contributed by atoms with Crippen LogP contribution in [0.5, 0.6) is 0 Å². The van der Waals surface area contributed by atoms with Gasteiger partial charge < -0.3 is 10.4 Å². The van der Waals surface area contributed by atoms with Gasteiger partial charge in [0.25, 0.3) is 0 Å². The number of nitrogens with one attached hydrogen (secondary N) is 2. The summed E-state index contributed by atoms with van der Waals surface area (Å²) in [7, 11) is -3.92. The lowest BCUT2D eigenvalue weighted by Crippen LogP contribution is -2.44. The first kappa shape index (κ1) is 16.1. The van der Waals surface area contributed by atoms with Crippen molar-refractivity contribution in [1.82, 2.24) is 19.8 Å². The van der Waals surface area contributed by atoms with Gasteiger partial charge in [-0.2, -0.15) is 9.82 Å². The summed E-state index contributed by atoms with van der Waals surface area (Å²) in [6.45, 7) is 3.07. The average Bonchev–Trinajstić information content (AvgIpc) is 2.77. The number of carboxylic acids is 1. The van der Waals surface area contributed by atoms with Gasteiger partial charge in [-0.05, 0) is 13.8 Å². The first-order valence-electron chi connectivity index (χ1n) is 5.80. The molecule has 0 radical (unpaired) electrons. The van der Waals surface area contributed by atoms with E-state index in [1.165, 1.54) is 6.92 Å². The van der Waals surface area contributed by atoms with Crippen LogP contribution < -0.4 is 10.0 Å². The van der Waals surface area contributed by atoms with Crippen molar-refractivity contribution in [1.29, 1.82) is 0 Å². The third-order valence-corrected chi connectivity index (χ3v) is 3.79. The number of carboxylic acid groups (broad SMARTS) is 1. The Morgan fingerprint density at radius 3 is 2.70 bits per heavy atom. The Labute approximate surface area is 116 Å². The largest absolute Gasteiger partial charge is 0.480 e. The Hall–Kier alpha value is -1.94. The Kier molecular flexibility index (Phi) is 5.22. The van der Waals surface area contributed by atoms with Gasteiger partial charge in [0.05, 0.1) is 12.2 Å². The molecule has 1 aromatic rings. The lowest BCUT2D eigenvalue weighted by atomic mass is 10.3. The van der Waals surface area contributed by atoms with Crippen LogP contribution in [0.3, 0.4) is 0 Å². The Morgan fingerprint density at radius 1 is 1.50 bits per heavy atom. The fraction of sp³-hybridized carbons (Fsp3) is 0.500. The summed E-state index contributed by atoms with van der Waals surface area (Å²) in [5.41, 5.74) is 0. The van der Waals surface area contributed by atoms with Crippen LogP contribution in [-0.4, -0.2) is 47.8 Å². The molecule has 112 valence electrons. The van der Waals surface area contributed by atoms with E-state index in [4.69, 9.17) is 5.11 Å². The minimum atomic E-state index is -3.92. The van der Waals surface area contributed by atoms with Crippen molar-refractivity contribution in [2.75, 3.05) is 6.54 Å². The van der Waals surface area contributed by atoms with Crippen LogP contribution in [0.4, 0.5) is 0 Å². The zero-order valence-electron chi connectivity index (χ0n) is 11.0. The van der Waals surface area contributed by atoms with Gasteiger partial charge in [-0.25, -0.2) is 8.42 Å².